The molecule has 7 heterocycles. The van der Waals surface area contributed by atoms with E-state index < -0.39 is 29.4 Å². The average Bonchev–Trinajstić information content (AvgIpc) is 4.11. The molecule has 3 atom stereocenters. The predicted octanol–water partition coefficient (Wildman–Crippen LogP) is 6.33. The molecule has 4 aromatic heterocycles. The SMILES string of the molecule is CCOC(=O)c1cc2c3c(c1)nc(NC(=O)c1cc(C)nn1CC)n3C/C=C/Cn1c(NC(=O)c3cc(C)nn3CC)nc3cc(C(=O)OC(C)(C)C)cc(c31)OCC(N1C3CCC1COC3)CO2. The van der Waals surface area contributed by atoms with Gasteiger partial charge in [0.05, 0.1) is 59.4 Å². The van der Waals surface area contributed by atoms with Crippen molar-refractivity contribution in [1.82, 2.24) is 43.6 Å². The van der Waals surface area contributed by atoms with E-state index in [9.17, 15) is 19.2 Å². The van der Waals surface area contributed by atoms with E-state index in [0.29, 0.717) is 82.6 Å². The van der Waals surface area contributed by atoms with E-state index >= 15 is 0 Å². The van der Waals surface area contributed by atoms with E-state index in [2.05, 4.69) is 25.7 Å². The molecule has 0 radical (unpaired) electrons. The molecule has 20 nitrogen and oxygen atoms in total. The summed E-state index contributed by atoms with van der Waals surface area (Å²) in [5.74, 6) is -0.833. The Morgan fingerprint density at radius 3 is 1.59 bits per heavy atom. The summed E-state index contributed by atoms with van der Waals surface area (Å²) in [5, 5.41) is 15.0. The first-order valence-corrected chi connectivity index (χ1v) is 23.6. The van der Waals surface area contributed by atoms with Crippen LogP contribution >= 0.6 is 0 Å². The molecule has 3 aliphatic rings. The highest BCUT2D eigenvalue weighted by Crippen LogP contribution is 2.37. The molecule has 9 rings (SSSR count). The Morgan fingerprint density at radius 2 is 1.14 bits per heavy atom. The third kappa shape index (κ3) is 9.54. The number of hydrogen-bond acceptors (Lipinski definition) is 14. The van der Waals surface area contributed by atoms with E-state index in [4.69, 9.17) is 33.7 Å². The summed E-state index contributed by atoms with van der Waals surface area (Å²) >= 11 is 0. The number of allylic oxidation sites excluding steroid dienone is 2. The van der Waals surface area contributed by atoms with Crippen molar-refractivity contribution < 1.29 is 42.9 Å². The summed E-state index contributed by atoms with van der Waals surface area (Å²) in [7, 11) is 0. The molecular formula is C49H59N11O9. The quantitative estimate of drug-likeness (QED) is 0.114. The maximum Gasteiger partial charge on any atom is 0.338 e. The summed E-state index contributed by atoms with van der Waals surface area (Å²) in [6.07, 6.45) is 5.65. The number of aryl methyl sites for hydroxylation is 4. The highest BCUT2D eigenvalue weighted by molar-refractivity contribution is 6.05. The van der Waals surface area contributed by atoms with Gasteiger partial charge in [0.15, 0.2) is 0 Å². The Bertz CT molecular complexity index is 2970. The summed E-state index contributed by atoms with van der Waals surface area (Å²) in [4.78, 5) is 67.6. The fraction of sp³-hybridized carbons (Fsp3) is 0.469. The van der Waals surface area contributed by atoms with Crippen molar-refractivity contribution in [2.75, 3.05) is 43.7 Å². The molecule has 2 bridgehead atoms. The number of carbonyl (C=O) groups excluding carboxylic acids is 4. The standard InChI is InChI=1S/C49H59N11O9/c1-9-58-37(18-28(4)54-58)43(61)52-47-50-35-20-30(45(63)66-11-3)22-39-41(35)56(47)16-12-13-17-57-42-36(51-48(57)53-44(62)38-19-29(5)55-59(38)10-2)21-31(46(64)69-49(6,7)8)23-40(42)68-27-34(26-67-39)60-32-14-15-33(60)25-65-24-32/h12-13,18-23,32-34H,9-11,14-17,24-27H2,1-8H3,(H,50,52,61)(H,51,53,62)/b13-12+. The first kappa shape index (κ1) is 47.0. The fourth-order valence-corrected chi connectivity index (χ4v) is 9.49. The zero-order valence-corrected chi connectivity index (χ0v) is 40.3. The van der Waals surface area contributed by atoms with Crippen molar-refractivity contribution in [1.29, 1.82) is 0 Å². The summed E-state index contributed by atoms with van der Waals surface area (Å²) in [6.45, 7) is 17.4. The van der Waals surface area contributed by atoms with Gasteiger partial charge in [-0.1, -0.05) is 12.2 Å². The molecule has 69 heavy (non-hydrogen) atoms. The number of anilines is 2. The molecule has 3 unspecified atom stereocenters. The van der Waals surface area contributed by atoms with Crippen LogP contribution in [0.25, 0.3) is 22.1 Å². The second-order valence-corrected chi connectivity index (χ2v) is 18.5. The second-order valence-electron chi connectivity index (χ2n) is 18.5. The van der Waals surface area contributed by atoms with E-state index in [0.717, 1.165) is 12.8 Å². The monoisotopic (exact) mass is 945 g/mol. The zero-order chi connectivity index (χ0) is 48.7. The molecule has 2 amide bonds. The number of morpholine rings is 1. The van der Waals surface area contributed by atoms with Gasteiger partial charge in [-0.25, -0.2) is 19.6 Å². The lowest BCUT2D eigenvalue weighted by Crippen LogP contribution is -2.55. The van der Waals surface area contributed by atoms with Crippen molar-refractivity contribution in [3.63, 3.8) is 0 Å². The lowest BCUT2D eigenvalue weighted by molar-refractivity contribution is -0.0534. The number of carbonyl (C=O) groups is 4. The van der Waals surface area contributed by atoms with Crippen LogP contribution in [0.4, 0.5) is 11.9 Å². The molecule has 20 heteroatoms. The topological polar surface area (TPSA) is 213 Å². The lowest BCUT2D eigenvalue weighted by atomic mass is 10.1. The average molecular weight is 946 g/mol. The first-order valence-electron chi connectivity index (χ1n) is 23.6. The van der Waals surface area contributed by atoms with E-state index in [1.54, 1.807) is 73.5 Å². The third-order valence-corrected chi connectivity index (χ3v) is 12.4. The molecule has 364 valence electrons. The molecule has 2 saturated heterocycles. The second kappa shape index (κ2) is 19.1. The summed E-state index contributed by atoms with van der Waals surface area (Å²) in [5.41, 5.74) is 3.62. The zero-order valence-electron chi connectivity index (χ0n) is 40.3. The fourth-order valence-electron chi connectivity index (χ4n) is 9.49. The van der Waals surface area contributed by atoms with Crippen molar-refractivity contribution in [3.05, 3.63) is 82.5 Å². The van der Waals surface area contributed by atoms with Crippen LogP contribution in [-0.2, 0) is 40.4 Å². The minimum atomic E-state index is -0.786. The van der Waals surface area contributed by atoms with Gasteiger partial charge in [-0.3, -0.25) is 34.5 Å². The lowest BCUT2D eigenvalue weighted by Gasteiger charge is -2.40. The molecule has 0 saturated carbocycles. The van der Waals surface area contributed by atoms with Gasteiger partial charge < -0.3 is 32.8 Å². The van der Waals surface area contributed by atoms with Gasteiger partial charge in [-0.15, -0.1) is 0 Å². The Balaban J connectivity index is 1.21. The predicted molar refractivity (Wildman–Crippen MR) is 255 cm³/mol. The van der Waals surface area contributed by atoms with Gasteiger partial charge >= 0.3 is 11.9 Å². The Hall–Kier alpha value is -7.06. The van der Waals surface area contributed by atoms with Crippen molar-refractivity contribution >= 4 is 57.7 Å². The Kier molecular flexibility index (Phi) is 13.0. The smallest absolute Gasteiger partial charge is 0.338 e. The van der Waals surface area contributed by atoms with Gasteiger partial charge in [0, 0.05) is 38.3 Å². The molecular weight excluding hydrogens is 887 g/mol. The number of nitrogens with one attached hydrogen (secondary N) is 2. The molecule has 2 aromatic carbocycles. The summed E-state index contributed by atoms with van der Waals surface area (Å²) < 4.78 is 38.0. The number of nitrogens with zero attached hydrogens (tertiary/aromatic N) is 9. The normalized spacial score (nSPS) is 19.0. The Labute approximate surface area is 398 Å². The maximum atomic E-state index is 14.1. The number of fused-ring (bicyclic) bond motifs is 2. The molecule has 3 aliphatic heterocycles. The molecule has 0 aliphatic carbocycles. The Morgan fingerprint density at radius 1 is 0.667 bits per heavy atom. The number of aromatic nitrogens is 8. The minimum absolute atomic E-state index is 0.0892. The van der Waals surface area contributed by atoms with Crippen LogP contribution in [0, 0.1) is 13.8 Å². The van der Waals surface area contributed by atoms with Crippen LogP contribution in [-0.4, -0.2) is 124 Å². The molecule has 6 aromatic rings. The third-order valence-electron chi connectivity index (χ3n) is 12.4. The van der Waals surface area contributed by atoms with Crippen LogP contribution in [0.2, 0.25) is 0 Å². The number of ether oxygens (including phenoxy) is 5. The number of rotatable bonds is 10. The van der Waals surface area contributed by atoms with Crippen LogP contribution in [0.3, 0.4) is 0 Å². The number of benzene rings is 2. The molecule has 2 N–H and O–H groups in total. The van der Waals surface area contributed by atoms with Crippen molar-refractivity contribution in [3.8, 4) is 11.5 Å². The van der Waals surface area contributed by atoms with Gasteiger partial charge in [0.2, 0.25) is 11.9 Å². The summed E-state index contributed by atoms with van der Waals surface area (Å²) in [6, 6.07) is 9.83. The number of hydrogen-bond donors (Lipinski definition) is 2. The van der Waals surface area contributed by atoms with Gasteiger partial charge in [-0.05, 0) is 105 Å². The van der Waals surface area contributed by atoms with Crippen LogP contribution < -0.4 is 20.1 Å². The highest BCUT2D eigenvalue weighted by atomic mass is 16.6. The minimum Gasteiger partial charge on any atom is -0.490 e. The van der Waals surface area contributed by atoms with E-state index in [-0.39, 0.29) is 74.1 Å². The number of amides is 2. The number of esters is 2. The van der Waals surface area contributed by atoms with Crippen molar-refractivity contribution in [2.24, 2.45) is 0 Å². The van der Waals surface area contributed by atoms with E-state index in [1.165, 1.54) is 0 Å². The molecule has 0 spiro atoms. The van der Waals surface area contributed by atoms with Gasteiger partial charge in [-0.2, -0.15) is 10.2 Å². The highest BCUT2D eigenvalue weighted by Gasteiger charge is 2.42. The van der Waals surface area contributed by atoms with E-state index in [1.807, 2.05) is 49.0 Å². The van der Waals surface area contributed by atoms with Gasteiger partial charge in [0.1, 0.15) is 52.7 Å². The van der Waals surface area contributed by atoms with Crippen LogP contribution in [0.15, 0.2) is 48.6 Å². The van der Waals surface area contributed by atoms with Crippen molar-refractivity contribution in [2.45, 2.75) is 118 Å². The van der Waals surface area contributed by atoms with Gasteiger partial charge in [0.25, 0.3) is 11.8 Å². The number of imidazole rings is 2. The largest absolute Gasteiger partial charge is 0.490 e. The molecule has 2 fully saturated rings. The maximum absolute atomic E-state index is 14.1. The van der Waals surface area contributed by atoms with Crippen LogP contribution in [0.5, 0.6) is 11.5 Å². The van der Waals surface area contributed by atoms with Crippen LogP contribution in [0.1, 0.15) is 107 Å². The first-order chi connectivity index (χ1) is 33.1.